The molecule has 2 heterocycles. The van der Waals surface area contributed by atoms with E-state index in [1.165, 1.54) is 37.5 Å². The highest BCUT2D eigenvalue weighted by molar-refractivity contribution is 6.03. The van der Waals surface area contributed by atoms with Crippen molar-refractivity contribution in [3.8, 4) is 16.9 Å². The number of hydrogen-bond acceptors (Lipinski definition) is 4. The van der Waals surface area contributed by atoms with Crippen LogP contribution in [0.4, 0.5) is 13.2 Å². The van der Waals surface area contributed by atoms with Gasteiger partial charge in [0.2, 0.25) is 0 Å². The van der Waals surface area contributed by atoms with Crippen LogP contribution in [0.2, 0.25) is 0 Å². The summed E-state index contributed by atoms with van der Waals surface area (Å²) in [6.45, 7) is 5.26. The maximum Gasteiger partial charge on any atom is 0.258 e. The number of halogens is 3. The highest BCUT2D eigenvalue weighted by Crippen LogP contribution is 2.38. The second-order valence-electron chi connectivity index (χ2n) is 12.5. The van der Waals surface area contributed by atoms with E-state index in [9.17, 15) is 13.6 Å². The smallest absolute Gasteiger partial charge is 0.258 e. The molecule has 44 heavy (non-hydrogen) atoms. The summed E-state index contributed by atoms with van der Waals surface area (Å²) in [5.41, 5.74) is 3.61. The lowest BCUT2D eigenvalue weighted by molar-refractivity contribution is 0.0756. The van der Waals surface area contributed by atoms with E-state index in [2.05, 4.69) is 4.90 Å². The first-order chi connectivity index (χ1) is 21.3. The molecular weight excluding hydrogens is 565 g/mol. The van der Waals surface area contributed by atoms with Gasteiger partial charge in [0.15, 0.2) is 0 Å². The van der Waals surface area contributed by atoms with E-state index >= 15 is 4.39 Å². The zero-order valence-electron chi connectivity index (χ0n) is 25.1. The molecule has 1 unspecified atom stereocenters. The SMILES string of the molecule is CC1=C(c2ccc(OCCO)cc2F)N(CC2CCCN(CC3CCC3)C2)C(=O)c2cc(-c3ccc(F)cc3F)ccc2C1. The molecular formula is C36H39F3N2O3. The van der Waals surface area contributed by atoms with Crippen molar-refractivity contribution in [1.82, 2.24) is 9.80 Å². The number of piperidine rings is 1. The third-order valence-electron chi connectivity index (χ3n) is 9.30. The summed E-state index contributed by atoms with van der Waals surface area (Å²) in [6.07, 6.45) is 6.30. The first kappa shape index (κ1) is 30.4. The molecule has 0 spiro atoms. The van der Waals surface area contributed by atoms with Crippen molar-refractivity contribution in [3.05, 3.63) is 94.3 Å². The molecule has 0 radical (unpaired) electrons. The van der Waals surface area contributed by atoms with Crippen molar-refractivity contribution in [1.29, 1.82) is 0 Å². The molecule has 0 bridgehead atoms. The zero-order valence-corrected chi connectivity index (χ0v) is 25.1. The number of allylic oxidation sites excluding steroid dienone is 1. The van der Waals surface area contributed by atoms with Crippen molar-refractivity contribution in [2.75, 3.05) is 39.4 Å². The minimum atomic E-state index is -0.697. The largest absolute Gasteiger partial charge is 0.491 e. The lowest BCUT2D eigenvalue weighted by Gasteiger charge is -2.39. The van der Waals surface area contributed by atoms with E-state index in [-0.39, 0.29) is 30.6 Å². The number of rotatable bonds is 9. The van der Waals surface area contributed by atoms with Crippen LogP contribution in [0.25, 0.3) is 16.8 Å². The average molecular weight is 605 g/mol. The average Bonchev–Trinajstić information content (AvgIpc) is 3.08. The van der Waals surface area contributed by atoms with Crippen molar-refractivity contribution in [2.24, 2.45) is 11.8 Å². The molecule has 1 amide bonds. The van der Waals surface area contributed by atoms with E-state index in [0.717, 1.165) is 55.6 Å². The van der Waals surface area contributed by atoms with Gasteiger partial charge in [0.25, 0.3) is 5.91 Å². The van der Waals surface area contributed by atoms with Gasteiger partial charge in [0.1, 0.15) is 29.8 Å². The number of benzene rings is 3. The summed E-state index contributed by atoms with van der Waals surface area (Å²) < 4.78 is 49.7. The fourth-order valence-electron chi connectivity index (χ4n) is 6.92. The number of carbonyl (C=O) groups is 1. The van der Waals surface area contributed by atoms with Crippen LogP contribution in [0.15, 0.2) is 60.2 Å². The number of nitrogens with zero attached hydrogens (tertiary/aromatic N) is 2. The molecule has 2 fully saturated rings. The minimum Gasteiger partial charge on any atom is -0.491 e. The summed E-state index contributed by atoms with van der Waals surface area (Å²) in [5, 5.41) is 9.12. The van der Waals surface area contributed by atoms with Gasteiger partial charge in [-0.25, -0.2) is 13.2 Å². The fraction of sp³-hybridized carbons (Fsp3) is 0.417. The molecule has 5 nitrogen and oxygen atoms in total. The maximum absolute atomic E-state index is 15.8. The van der Waals surface area contributed by atoms with Crippen LogP contribution in [-0.2, 0) is 6.42 Å². The first-order valence-corrected chi connectivity index (χ1v) is 15.7. The molecule has 1 saturated heterocycles. The molecule has 3 aliphatic rings. The van der Waals surface area contributed by atoms with Gasteiger partial charge in [0, 0.05) is 48.5 Å². The second-order valence-corrected chi connectivity index (χ2v) is 12.5. The molecule has 232 valence electrons. The van der Waals surface area contributed by atoms with Crippen LogP contribution in [0.1, 0.15) is 60.5 Å². The van der Waals surface area contributed by atoms with Crippen LogP contribution in [0, 0.1) is 29.3 Å². The van der Waals surface area contributed by atoms with Gasteiger partial charge in [-0.05, 0) is 104 Å². The first-order valence-electron chi connectivity index (χ1n) is 15.7. The highest BCUT2D eigenvalue weighted by atomic mass is 19.1. The molecule has 1 N–H and O–H groups in total. The number of aliphatic hydroxyl groups is 1. The predicted octanol–water partition coefficient (Wildman–Crippen LogP) is 7.08. The minimum absolute atomic E-state index is 0.0520. The van der Waals surface area contributed by atoms with Gasteiger partial charge in [-0.15, -0.1) is 0 Å². The topological polar surface area (TPSA) is 53.0 Å². The summed E-state index contributed by atoms with van der Waals surface area (Å²) in [5.74, 6) is -0.860. The quantitative estimate of drug-likeness (QED) is 0.284. The molecule has 0 aromatic heterocycles. The number of hydrogen-bond donors (Lipinski definition) is 1. The van der Waals surface area contributed by atoms with Gasteiger partial charge in [-0.1, -0.05) is 18.6 Å². The van der Waals surface area contributed by atoms with Crippen molar-refractivity contribution in [3.63, 3.8) is 0 Å². The standard InChI is InChI=1S/C36H39F3N2O3/c1-23-16-26-7-8-27(30-11-9-28(37)18-33(30)38)17-32(26)36(43)41(22-25-6-3-13-40(21-25)20-24-4-2-5-24)35(23)31-12-10-29(19-34(31)39)44-15-14-42/h7-12,17-19,24-25,42H,2-6,13-16,20-22H2,1H3. The van der Waals surface area contributed by atoms with Crippen molar-refractivity contribution < 1.29 is 27.8 Å². The number of amides is 1. The number of fused-ring (bicyclic) bond motifs is 1. The lowest BCUT2D eigenvalue weighted by Crippen LogP contribution is -2.44. The lowest BCUT2D eigenvalue weighted by atomic mass is 9.84. The third-order valence-corrected chi connectivity index (χ3v) is 9.30. The Morgan fingerprint density at radius 1 is 0.864 bits per heavy atom. The van der Waals surface area contributed by atoms with E-state index < -0.39 is 17.5 Å². The van der Waals surface area contributed by atoms with Crippen LogP contribution < -0.4 is 4.74 Å². The Balaban J connectivity index is 1.37. The van der Waals surface area contributed by atoms with Gasteiger partial charge in [-0.3, -0.25) is 4.79 Å². The Labute approximate surface area is 256 Å². The number of carbonyl (C=O) groups excluding carboxylic acids is 1. The van der Waals surface area contributed by atoms with Crippen LogP contribution >= 0.6 is 0 Å². The summed E-state index contributed by atoms with van der Waals surface area (Å²) in [7, 11) is 0. The Kier molecular flexibility index (Phi) is 9.10. The van der Waals surface area contributed by atoms with E-state index in [1.54, 1.807) is 29.2 Å². The van der Waals surface area contributed by atoms with Gasteiger partial charge in [0.05, 0.1) is 12.3 Å². The maximum atomic E-state index is 15.8. The normalized spacial score (nSPS) is 19.5. The van der Waals surface area contributed by atoms with Gasteiger partial charge < -0.3 is 19.6 Å². The number of ether oxygens (including phenoxy) is 1. The van der Waals surface area contributed by atoms with E-state index in [1.807, 2.05) is 13.0 Å². The highest BCUT2D eigenvalue weighted by Gasteiger charge is 2.34. The fourth-order valence-corrected chi connectivity index (χ4v) is 6.92. The van der Waals surface area contributed by atoms with Gasteiger partial charge >= 0.3 is 0 Å². The molecule has 8 heteroatoms. The summed E-state index contributed by atoms with van der Waals surface area (Å²) in [6, 6.07) is 13.3. The summed E-state index contributed by atoms with van der Waals surface area (Å²) >= 11 is 0. The van der Waals surface area contributed by atoms with E-state index in [4.69, 9.17) is 9.84 Å². The number of likely N-dealkylation sites (tertiary alicyclic amines) is 1. The van der Waals surface area contributed by atoms with Crippen LogP contribution in [-0.4, -0.2) is 60.2 Å². The van der Waals surface area contributed by atoms with Crippen molar-refractivity contribution in [2.45, 2.75) is 45.4 Å². The Morgan fingerprint density at radius 2 is 1.64 bits per heavy atom. The molecule has 1 aliphatic carbocycles. The second kappa shape index (κ2) is 13.2. The van der Waals surface area contributed by atoms with Crippen LogP contribution in [0.5, 0.6) is 5.75 Å². The van der Waals surface area contributed by atoms with Crippen molar-refractivity contribution >= 4 is 11.6 Å². The number of aliphatic hydroxyl groups excluding tert-OH is 1. The molecule has 6 rings (SSSR count). The van der Waals surface area contributed by atoms with Gasteiger partial charge in [-0.2, -0.15) is 0 Å². The third kappa shape index (κ3) is 6.42. The Morgan fingerprint density at radius 3 is 2.36 bits per heavy atom. The molecule has 2 aliphatic heterocycles. The molecule has 3 aromatic carbocycles. The molecule has 1 saturated carbocycles. The predicted molar refractivity (Wildman–Crippen MR) is 165 cm³/mol. The van der Waals surface area contributed by atoms with E-state index in [0.29, 0.717) is 41.1 Å². The monoisotopic (exact) mass is 604 g/mol. The molecule has 3 aromatic rings. The Hall–Kier alpha value is -3.62. The van der Waals surface area contributed by atoms with Crippen LogP contribution in [0.3, 0.4) is 0 Å². The summed E-state index contributed by atoms with van der Waals surface area (Å²) in [4.78, 5) is 18.8. The molecule has 1 atom stereocenters. The Bertz CT molecular complexity index is 1570. The zero-order chi connectivity index (χ0) is 30.8.